The number of nitrogens with zero attached hydrogens (tertiary/aromatic N) is 4. The Morgan fingerprint density at radius 1 is 1.38 bits per heavy atom. The van der Waals surface area contributed by atoms with Gasteiger partial charge in [-0.05, 0) is 36.8 Å². The maximum atomic E-state index is 12.8. The molecule has 14 heteroatoms. The van der Waals surface area contributed by atoms with Crippen LogP contribution in [0.4, 0.5) is 0 Å². The number of aliphatic carboxylic acids is 1. The van der Waals surface area contributed by atoms with E-state index >= 15 is 0 Å². The van der Waals surface area contributed by atoms with Crippen molar-refractivity contribution < 1.29 is 55.3 Å². The average Bonchev–Trinajstić information content (AvgIpc) is 3.34. The van der Waals surface area contributed by atoms with Gasteiger partial charge in [-0.15, -0.1) is 11.8 Å². The van der Waals surface area contributed by atoms with Gasteiger partial charge in [0, 0.05) is 24.4 Å². The van der Waals surface area contributed by atoms with Crippen molar-refractivity contribution in [3.8, 4) is 0 Å². The van der Waals surface area contributed by atoms with Crippen LogP contribution < -0.4 is 34.9 Å². The largest absolute Gasteiger partial charge is 1.00 e. The van der Waals surface area contributed by atoms with E-state index in [-0.39, 0.29) is 54.2 Å². The number of carboxylic acids is 1. The number of rotatable bonds is 8. The topological polar surface area (TPSA) is 149 Å². The minimum atomic E-state index is -1.22. The number of aromatic nitrogens is 3. The second-order valence-corrected chi connectivity index (χ2v) is 10.4. The fraction of sp³-hybridized carbons (Fsp3) is 0.500. The van der Waals surface area contributed by atoms with Crippen LogP contribution in [0.3, 0.4) is 0 Å². The van der Waals surface area contributed by atoms with E-state index in [9.17, 15) is 24.3 Å². The third-order valence-electron chi connectivity index (χ3n) is 5.99. The standard InChI is InChI=1S/C20H22N6O5S2.Na.H/c27-13(8-33-20-21-9-22-24-20)23-14-17(29)26-15(19(30)31)12(7-32-18(14)26)5-11-3-4-25(16(11)28)6-10-1-2-10;;/h5,9-10,14,18H,1-4,6-8H2,(H,23,27)(H,30,31)(H,21,22,24);;/q;+1;-1/b11-5+;;/t14-,18-;;/m1../s1. The Bertz CT molecular complexity index is 1080. The molecule has 176 valence electrons. The molecule has 3 amide bonds. The molecule has 3 N–H and O–H groups in total. The zero-order valence-electron chi connectivity index (χ0n) is 19.5. The van der Waals surface area contributed by atoms with Crippen LogP contribution in [0.25, 0.3) is 0 Å². The molecule has 0 radical (unpaired) electrons. The van der Waals surface area contributed by atoms with Gasteiger partial charge in [-0.3, -0.25) is 24.4 Å². The molecule has 3 aliphatic heterocycles. The first-order valence-electron chi connectivity index (χ1n) is 10.6. The van der Waals surface area contributed by atoms with E-state index in [0.29, 0.717) is 40.9 Å². The summed E-state index contributed by atoms with van der Waals surface area (Å²) < 4.78 is 0. The van der Waals surface area contributed by atoms with Gasteiger partial charge >= 0.3 is 35.5 Å². The van der Waals surface area contributed by atoms with Crippen LogP contribution in [0.5, 0.6) is 0 Å². The number of allylic oxidation sites excluding steroid dienone is 1. The van der Waals surface area contributed by atoms with E-state index in [4.69, 9.17) is 0 Å². The number of amides is 3. The fourth-order valence-corrected chi connectivity index (χ4v) is 6.06. The number of H-pyrrole nitrogens is 1. The van der Waals surface area contributed by atoms with Crippen molar-refractivity contribution in [1.82, 2.24) is 30.3 Å². The Morgan fingerprint density at radius 3 is 2.85 bits per heavy atom. The summed E-state index contributed by atoms with van der Waals surface area (Å²) in [4.78, 5) is 56.8. The predicted octanol–water partition coefficient (Wildman–Crippen LogP) is -2.68. The molecule has 2 atom stereocenters. The summed E-state index contributed by atoms with van der Waals surface area (Å²) in [5.74, 6) is -1.10. The van der Waals surface area contributed by atoms with Crippen LogP contribution in [0.1, 0.15) is 20.7 Å². The summed E-state index contributed by atoms with van der Waals surface area (Å²) in [6.45, 7) is 1.41. The number of nitrogens with one attached hydrogen (secondary N) is 2. The summed E-state index contributed by atoms with van der Waals surface area (Å²) >= 11 is 2.54. The number of fused-ring (bicyclic) bond motifs is 1. The Morgan fingerprint density at radius 2 is 2.18 bits per heavy atom. The number of β-lactam (4-membered cyclic amide) rings is 1. The molecular weight excluding hydrogens is 491 g/mol. The van der Waals surface area contributed by atoms with Crippen molar-refractivity contribution in [1.29, 1.82) is 0 Å². The molecule has 34 heavy (non-hydrogen) atoms. The van der Waals surface area contributed by atoms with Crippen LogP contribution in [0.2, 0.25) is 0 Å². The van der Waals surface area contributed by atoms with Gasteiger partial charge in [-0.25, -0.2) is 9.78 Å². The number of likely N-dealkylation sites (tertiary alicyclic amines) is 1. The van der Waals surface area contributed by atoms with Crippen molar-refractivity contribution >= 4 is 47.2 Å². The van der Waals surface area contributed by atoms with Crippen molar-refractivity contribution in [3.63, 3.8) is 0 Å². The molecule has 11 nitrogen and oxygen atoms in total. The number of hydrogen-bond donors (Lipinski definition) is 3. The van der Waals surface area contributed by atoms with Crippen molar-refractivity contribution in [2.75, 3.05) is 24.6 Å². The van der Waals surface area contributed by atoms with Gasteiger partial charge in [0.15, 0.2) is 5.16 Å². The fourth-order valence-electron chi connectivity index (χ4n) is 4.16. The molecule has 4 heterocycles. The van der Waals surface area contributed by atoms with Gasteiger partial charge in [0.05, 0.1) is 5.75 Å². The average molecular weight is 515 g/mol. The maximum absolute atomic E-state index is 12.8. The van der Waals surface area contributed by atoms with Crippen molar-refractivity contribution in [2.45, 2.75) is 35.8 Å². The quantitative estimate of drug-likeness (QED) is 0.146. The molecule has 1 aromatic heterocycles. The van der Waals surface area contributed by atoms with Crippen LogP contribution in [0.15, 0.2) is 34.4 Å². The van der Waals surface area contributed by atoms with Gasteiger partial charge in [-0.2, -0.15) is 5.10 Å². The second kappa shape index (κ2) is 10.4. The number of carbonyl (C=O) groups excluding carboxylic acids is 3. The van der Waals surface area contributed by atoms with E-state index in [2.05, 4.69) is 20.5 Å². The molecule has 2 saturated heterocycles. The van der Waals surface area contributed by atoms with E-state index in [1.54, 1.807) is 6.08 Å². The smallest absolute Gasteiger partial charge is 1.00 e. The van der Waals surface area contributed by atoms with Crippen molar-refractivity contribution in [2.24, 2.45) is 5.92 Å². The number of thioether (sulfide) groups is 2. The molecule has 5 rings (SSSR count). The third kappa shape index (κ3) is 5.08. The maximum Gasteiger partial charge on any atom is 1.00 e. The number of hydrogen-bond acceptors (Lipinski definition) is 8. The third-order valence-corrected chi connectivity index (χ3v) is 8.17. The van der Waals surface area contributed by atoms with E-state index in [1.165, 1.54) is 23.0 Å². The summed E-state index contributed by atoms with van der Waals surface area (Å²) in [7, 11) is 0. The molecular formula is C20H23N6NaO5S2. The number of carboxylic acid groups (broad SMARTS) is 1. The molecule has 0 unspecified atom stereocenters. The molecule has 3 fully saturated rings. The van der Waals surface area contributed by atoms with Crippen molar-refractivity contribution in [3.05, 3.63) is 29.2 Å². The number of carbonyl (C=O) groups is 4. The first-order valence-corrected chi connectivity index (χ1v) is 12.6. The molecule has 1 aromatic rings. The van der Waals surface area contributed by atoms with Crippen LogP contribution in [-0.4, -0.2) is 89.8 Å². The van der Waals surface area contributed by atoms with Gasteiger partial charge < -0.3 is 16.7 Å². The molecule has 0 aromatic carbocycles. The molecule has 0 bridgehead atoms. The zero-order valence-corrected chi connectivity index (χ0v) is 22.2. The molecule has 4 aliphatic rings. The molecule has 1 aliphatic carbocycles. The van der Waals surface area contributed by atoms with Gasteiger partial charge in [0.2, 0.25) is 11.8 Å². The predicted molar refractivity (Wildman–Crippen MR) is 120 cm³/mol. The van der Waals surface area contributed by atoms with E-state index in [1.807, 2.05) is 4.90 Å². The van der Waals surface area contributed by atoms with Gasteiger partial charge in [0.1, 0.15) is 23.4 Å². The SMILES string of the molecule is O=C(CSc1ncn[nH]1)N[C@@H]1C(=O)N2C(C(=O)O)=C(/C=C3\CCN(CC4CC4)C3=O)CS[C@H]12.[H-].[Na+]. The monoisotopic (exact) mass is 514 g/mol. The Balaban J connectivity index is 0.00000171. The zero-order chi connectivity index (χ0) is 23.1. The Labute approximate surface area is 227 Å². The summed E-state index contributed by atoms with van der Waals surface area (Å²) in [6, 6.07) is -0.788. The van der Waals surface area contributed by atoms with Gasteiger partial charge in [-0.1, -0.05) is 11.8 Å². The summed E-state index contributed by atoms with van der Waals surface area (Å²) in [5.41, 5.74) is 0.941. The Hall–Kier alpha value is -1.80. The second-order valence-electron chi connectivity index (χ2n) is 8.33. The molecule has 0 spiro atoms. The Kier molecular flexibility index (Phi) is 7.77. The molecule has 1 saturated carbocycles. The summed E-state index contributed by atoms with van der Waals surface area (Å²) in [6.07, 6.45) is 5.87. The number of aromatic amines is 1. The minimum absolute atomic E-state index is 0. The van der Waals surface area contributed by atoms with Crippen LogP contribution >= 0.6 is 23.5 Å². The van der Waals surface area contributed by atoms with Crippen LogP contribution in [0, 0.1) is 5.92 Å². The first kappa shape index (κ1) is 25.3. The van der Waals surface area contributed by atoms with Gasteiger partial charge in [0.25, 0.3) is 5.91 Å². The normalized spacial score (nSPS) is 25.2. The first-order chi connectivity index (χ1) is 15.9. The van der Waals surface area contributed by atoms with E-state index in [0.717, 1.165) is 31.1 Å². The van der Waals surface area contributed by atoms with E-state index < -0.39 is 23.3 Å². The minimum Gasteiger partial charge on any atom is -1.00 e. The summed E-state index contributed by atoms with van der Waals surface area (Å²) in [5, 5.41) is 18.9. The van der Waals surface area contributed by atoms with Crippen LogP contribution in [-0.2, 0) is 19.2 Å².